The highest BCUT2D eigenvalue weighted by molar-refractivity contribution is 9.10. The van der Waals surface area contributed by atoms with Gasteiger partial charge in [0, 0.05) is 28.2 Å². The largest absolute Gasteiger partial charge is 0.348 e. The minimum atomic E-state index is -0.00196. The quantitative estimate of drug-likeness (QED) is 0.922. The zero-order chi connectivity index (χ0) is 13.0. The third-order valence-corrected chi connectivity index (χ3v) is 5.12. The van der Waals surface area contributed by atoms with Gasteiger partial charge in [-0.15, -0.1) is 0 Å². The number of carbonyl (C=O) groups excluding carboxylic acids is 1. The maximum atomic E-state index is 12.2. The summed E-state index contributed by atoms with van der Waals surface area (Å²) in [7, 11) is 0. The molecule has 98 valence electrons. The van der Waals surface area contributed by atoms with Crippen molar-refractivity contribution in [1.29, 1.82) is 0 Å². The summed E-state index contributed by atoms with van der Waals surface area (Å²) in [5.74, 6) is 1.11. The van der Waals surface area contributed by atoms with Crippen molar-refractivity contribution >= 4 is 33.6 Å². The molecule has 0 radical (unpaired) electrons. The molecule has 3 nitrogen and oxygen atoms in total. The van der Waals surface area contributed by atoms with Crippen molar-refractivity contribution in [2.75, 3.05) is 5.75 Å². The van der Waals surface area contributed by atoms with Crippen molar-refractivity contribution in [2.24, 2.45) is 0 Å². The standard InChI is InChI=1S/C13H17BrN2OS/c1-2-18-12-5-3-4-11(12)16-13(17)9-6-7-15-8-10(9)14/h6-8,11-12H,2-5H2,1H3,(H,16,17)/t11-,12-/m0/s1. The minimum Gasteiger partial charge on any atom is -0.348 e. The zero-order valence-electron chi connectivity index (χ0n) is 10.4. The number of pyridine rings is 1. The molecule has 0 aliphatic heterocycles. The van der Waals surface area contributed by atoms with Gasteiger partial charge in [0.15, 0.2) is 0 Å². The van der Waals surface area contributed by atoms with Crippen molar-refractivity contribution in [3.05, 3.63) is 28.5 Å². The summed E-state index contributed by atoms with van der Waals surface area (Å²) in [6.45, 7) is 2.17. The molecule has 2 atom stereocenters. The maximum absolute atomic E-state index is 12.2. The summed E-state index contributed by atoms with van der Waals surface area (Å²) in [5, 5.41) is 3.72. The second-order valence-electron chi connectivity index (χ2n) is 4.36. The molecular weight excluding hydrogens is 312 g/mol. The van der Waals surface area contributed by atoms with E-state index in [0.717, 1.165) is 16.6 Å². The molecule has 1 aliphatic rings. The van der Waals surface area contributed by atoms with Gasteiger partial charge in [0.25, 0.3) is 5.91 Å². The first-order chi connectivity index (χ1) is 8.72. The molecular formula is C13H17BrN2OS. The Morgan fingerprint density at radius 3 is 3.17 bits per heavy atom. The average Bonchev–Trinajstić information content (AvgIpc) is 2.78. The molecule has 0 aromatic carbocycles. The van der Waals surface area contributed by atoms with Crippen LogP contribution in [0.4, 0.5) is 0 Å². The van der Waals surface area contributed by atoms with Crippen LogP contribution in [-0.4, -0.2) is 27.9 Å². The highest BCUT2D eigenvalue weighted by Gasteiger charge is 2.28. The molecule has 1 fully saturated rings. The second-order valence-corrected chi connectivity index (χ2v) is 6.73. The Hall–Kier alpha value is -0.550. The Morgan fingerprint density at radius 2 is 2.44 bits per heavy atom. The van der Waals surface area contributed by atoms with Crippen molar-refractivity contribution < 1.29 is 4.79 Å². The SMILES string of the molecule is CCS[C@H]1CCC[C@@H]1NC(=O)c1ccncc1Br. The van der Waals surface area contributed by atoms with E-state index in [0.29, 0.717) is 16.9 Å². The summed E-state index contributed by atoms with van der Waals surface area (Å²) in [5.41, 5.74) is 0.664. The van der Waals surface area contributed by atoms with E-state index in [-0.39, 0.29) is 5.91 Å². The number of carbonyl (C=O) groups is 1. The Morgan fingerprint density at radius 1 is 1.61 bits per heavy atom. The number of amides is 1. The third kappa shape index (κ3) is 3.26. The number of thioether (sulfide) groups is 1. The Labute approximate surface area is 120 Å². The molecule has 18 heavy (non-hydrogen) atoms. The summed E-state index contributed by atoms with van der Waals surface area (Å²) < 4.78 is 0.750. The molecule has 0 saturated heterocycles. The number of hydrogen-bond acceptors (Lipinski definition) is 3. The fraction of sp³-hybridized carbons (Fsp3) is 0.538. The second kappa shape index (κ2) is 6.57. The number of nitrogens with zero attached hydrogens (tertiary/aromatic N) is 1. The van der Waals surface area contributed by atoms with E-state index in [1.165, 1.54) is 12.8 Å². The van der Waals surface area contributed by atoms with Crippen molar-refractivity contribution in [2.45, 2.75) is 37.5 Å². The molecule has 0 bridgehead atoms. The predicted molar refractivity (Wildman–Crippen MR) is 79.0 cm³/mol. The molecule has 0 unspecified atom stereocenters. The summed E-state index contributed by atoms with van der Waals surface area (Å²) in [6.07, 6.45) is 6.81. The van der Waals surface area contributed by atoms with Gasteiger partial charge in [-0.25, -0.2) is 0 Å². The van der Waals surface area contributed by atoms with Gasteiger partial charge in [-0.1, -0.05) is 13.3 Å². The summed E-state index contributed by atoms with van der Waals surface area (Å²) >= 11 is 5.31. The van der Waals surface area contributed by atoms with E-state index >= 15 is 0 Å². The lowest BCUT2D eigenvalue weighted by Crippen LogP contribution is -2.38. The zero-order valence-corrected chi connectivity index (χ0v) is 12.8. The van der Waals surface area contributed by atoms with Gasteiger partial charge < -0.3 is 5.32 Å². The lowest BCUT2D eigenvalue weighted by Gasteiger charge is -2.20. The highest BCUT2D eigenvalue weighted by atomic mass is 79.9. The number of aromatic nitrogens is 1. The van der Waals surface area contributed by atoms with Crippen LogP contribution < -0.4 is 5.32 Å². The first-order valence-corrected chi connectivity index (χ1v) is 8.08. The van der Waals surface area contributed by atoms with E-state index in [1.54, 1.807) is 18.5 Å². The molecule has 1 amide bonds. The Kier molecular flexibility index (Phi) is 5.06. The molecule has 1 aromatic rings. The molecule has 1 saturated carbocycles. The molecule has 1 aliphatic carbocycles. The van der Waals surface area contributed by atoms with Crippen LogP contribution in [0.5, 0.6) is 0 Å². The number of hydrogen-bond donors (Lipinski definition) is 1. The molecule has 1 heterocycles. The fourth-order valence-corrected chi connectivity index (χ4v) is 3.94. The molecule has 2 rings (SSSR count). The van der Waals surface area contributed by atoms with Gasteiger partial charge in [-0.3, -0.25) is 9.78 Å². The first kappa shape index (κ1) is 13.9. The molecule has 0 spiro atoms. The topological polar surface area (TPSA) is 42.0 Å². The molecule has 1 N–H and O–H groups in total. The van der Waals surface area contributed by atoms with Crippen LogP contribution in [0, 0.1) is 0 Å². The number of nitrogens with one attached hydrogen (secondary N) is 1. The van der Waals surface area contributed by atoms with Crippen LogP contribution in [0.15, 0.2) is 22.9 Å². The van der Waals surface area contributed by atoms with E-state index in [1.807, 2.05) is 11.8 Å². The Balaban J connectivity index is 2.01. The number of halogens is 1. The van der Waals surface area contributed by atoms with E-state index in [9.17, 15) is 4.79 Å². The van der Waals surface area contributed by atoms with Gasteiger partial charge in [0.05, 0.1) is 5.56 Å². The van der Waals surface area contributed by atoms with Crippen molar-refractivity contribution in [3.63, 3.8) is 0 Å². The normalized spacial score (nSPS) is 23.0. The maximum Gasteiger partial charge on any atom is 0.252 e. The van der Waals surface area contributed by atoms with E-state index in [2.05, 4.69) is 33.2 Å². The van der Waals surface area contributed by atoms with Crippen LogP contribution in [0.2, 0.25) is 0 Å². The third-order valence-electron chi connectivity index (χ3n) is 3.17. The minimum absolute atomic E-state index is 0.00196. The van der Waals surface area contributed by atoms with Gasteiger partial charge in [0.1, 0.15) is 0 Å². The first-order valence-electron chi connectivity index (χ1n) is 6.24. The van der Waals surface area contributed by atoms with Gasteiger partial charge >= 0.3 is 0 Å². The van der Waals surface area contributed by atoms with Crippen LogP contribution in [-0.2, 0) is 0 Å². The lowest BCUT2D eigenvalue weighted by atomic mass is 10.2. The van der Waals surface area contributed by atoms with Crippen LogP contribution in [0.3, 0.4) is 0 Å². The lowest BCUT2D eigenvalue weighted by molar-refractivity contribution is 0.0938. The highest BCUT2D eigenvalue weighted by Crippen LogP contribution is 2.30. The molecule has 1 aromatic heterocycles. The number of rotatable bonds is 4. The van der Waals surface area contributed by atoms with Crippen molar-refractivity contribution in [1.82, 2.24) is 10.3 Å². The van der Waals surface area contributed by atoms with Gasteiger partial charge in [-0.2, -0.15) is 11.8 Å². The monoisotopic (exact) mass is 328 g/mol. The van der Waals surface area contributed by atoms with Crippen molar-refractivity contribution in [3.8, 4) is 0 Å². The smallest absolute Gasteiger partial charge is 0.252 e. The molecule has 5 heteroatoms. The summed E-state index contributed by atoms with van der Waals surface area (Å²) in [6, 6.07) is 2.05. The van der Waals surface area contributed by atoms with E-state index < -0.39 is 0 Å². The van der Waals surface area contributed by atoms with Gasteiger partial charge in [0.2, 0.25) is 0 Å². The van der Waals surface area contributed by atoms with Crippen LogP contribution in [0.1, 0.15) is 36.5 Å². The van der Waals surface area contributed by atoms with Crippen LogP contribution >= 0.6 is 27.7 Å². The Bertz CT molecular complexity index is 427. The summed E-state index contributed by atoms with van der Waals surface area (Å²) in [4.78, 5) is 16.2. The van der Waals surface area contributed by atoms with E-state index in [4.69, 9.17) is 0 Å². The average molecular weight is 329 g/mol. The predicted octanol–water partition coefficient (Wildman–Crippen LogP) is 3.25. The van der Waals surface area contributed by atoms with Crippen LogP contribution in [0.25, 0.3) is 0 Å². The van der Waals surface area contributed by atoms with Gasteiger partial charge in [-0.05, 0) is 40.6 Å². The fourth-order valence-electron chi connectivity index (χ4n) is 2.31.